The Labute approximate surface area is 106 Å². The molecule has 2 N–H and O–H groups in total. The molecule has 102 valence electrons. The van der Waals surface area contributed by atoms with Gasteiger partial charge in [0.2, 0.25) is 5.03 Å². The van der Waals surface area contributed by atoms with Crippen molar-refractivity contribution in [2.45, 2.75) is 11.1 Å². The zero-order chi connectivity index (χ0) is 13.8. The minimum absolute atomic E-state index is 0.0200. The lowest BCUT2D eigenvalue weighted by Crippen LogP contribution is -2.41. The van der Waals surface area contributed by atoms with Crippen molar-refractivity contribution in [3.8, 4) is 0 Å². The number of hydrogen-bond acceptors (Lipinski definition) is 5. The second-order valence-electron chi connectivity index (χ2n) is 3.79. The van der Waals surface area contributed by atoms with Crippen molar-refractivity contribution in [1.82, 2.24) is 9.29 Å². The van der Waals surface area contributed by atoms with Gasteiger partial charge in [-0.1, -0.05) is 0 Å². The van der Waals surface area contributed by atoms with E-state index in [1.54, 1.807) is 0 Å². The first-order valence-corrected chi connectivity index (χ1v) is 6.65. The molecule has 1 aromatic heterocycles. The number of halogens is 1. The van der Waals surface area contributed by atoms with Crippen molar-refractivity contribution in [3.05, 3.63) is 24.1 Å². The van der Waals surface area contributed by atoms with Gasteiger partial charge in [-0.2, -0.15) is 4.31 Å². The lowest BCUT2D eigenvalue weighted by molar-refractivity contribution is 0.173. The Morgan fingerprint density at radius 2 is 2.28 bits per heavy atom. The Morgan fingerprint density at radius 3 is 2.83 bits per heavy atom. The van der Waals surface area contributed by atoms with Crippen LogP contribution in [0.25, 0.3) is 0 Å². The summed E-state index contributed by atoms with van der Waals surface area (Å²) in [5, 5.41) is -0.600. The van der Waals surface area contributed by atoms with E-state index >= 15 is 0 Å². The third kappa shape index (κ3) is 3.45. The van der Waals surface area contributed by atoms with E-state index in [1.165, 1.54) is 26.4 Å². The van der Waals surface area contributed by atoms with E-state index in [9.17, 15) is 12.8 Å². The number of sulfonamides is 1. The fourth-order valence-corrected chi connectivity index (χ4v) is 2.60. The van der Waals surface area contributed by atoms with E-state index in [4.69, 9.17) is 10.5 Å². The van der Waals surface area contributed by atoms with Gasteiger partial charge in [0.05, 0.1) is 6.61 Å². The zero-order valence-electron chi connectivity index (χ0n) is 10.2. The Balaban J connectivity index is 2.90. The topological polar surface area (TPSA) is 85.5 Å². The van der Waals surface area contributed by atoms with Gasteiger partial charge in [0.15, 0.2) is 5.82 Å². The van der Waals surface area contributed by atoms with Crippen LogP contribution < -0.4 is 5.73 Å². The van der Waals surface area contributed by atoms with E-state index in [2.05, 4.69) is 4.98 Å². The summed E-state index contributed by atoms with van der Waals surface area (Å²) < 4.78 is 43.2. The number of likely N-dealkylation sites (N-methyl/N-ethyl adjacent to an activating group) is 1. The Hall–Kier alpha value is -1.09. The van der Waals surface area contributed by atoms with Crippen molar-refractivity contribution >= 4 is 10.0 Å². The molecule has 1 unspecified atom stereocenters. The summed E-state index contributed by atoms with van der Waals surface area (Å²) in [6.07, 6.45) is 1.22. The van der Waals surface area contributed by atoms with Gasteiger partial charge in [-0.15, -0.1) is 0 Å². The minimum Gasteiger partial charge on any atom is -0.383 e. The normalized spacial score (nSPS) is 13.8. The van der Waals surface area contributed by atoms with Crippen LogP contribution in [0.4, 0.5) is 4.39 Å². The zero-order valence-corrected chi connectivity index (χ0v) is 11.0. The molecule has 0 fully saturated rings. The van der Waals surface area contributed by atoms with Crippen LogP contribution in [0.5, 0.6) is 0 Å². The molecule has 1 heterocycles. The summed E-state index contributed by atoms with van der Waals surface area (Å²) in [6, 6.07) is 1.88. The monoisotopic (exact) mass is 277 g/mol. The minimum atomic E-state index is -3.97. The van der Waals surface area contributed by atoms with E-state index in [-0.39, 0.29) is 13.2 Å². The average Bonchev–Trinajstić information content (AvgIpc) is 2.29. The van der Waals surface area contributed by atoms with Crippen LogP contribution in [-0.2, 0) is 14.8 Å². The second kappa shape index (κ2) is 6.19. The number of hydrogen-bond donors (Lipinski definition) is 1. The molecule has 1 atom stereocenters. The van der Waals surface area contributed by atoms with Crippen molar-refractivity contribution in [3.63, 3.8) is 0 Å². The standard InChI is InChI=1S/C10H16FN3O3S/c1-14(6-8(12)7-17-2)18(15,16)10-9(11)4-3-5-13-10/h3-5,8H,6-7,12H2,1-2H3. The maximum atomic E-state index is 13.4. The molecule has 1 aromatic rings. The Kier molecular flexibility index (Phi) is 5.15. The number of pyridine rings is 1. The van der Waals surface area contributed by atoms with E-state index in [0.29, 0.717) is 0 Å². The number of methoxy groups -OCH3 is 1. The molecule has 0 amide bonds. The van der Waals surface area contributed by atoms with Gasteiger partial charge in [-0.3, -0.25) is 0 Å². The first kappa shape index (κ1) is 15.0. The highest BCUT2D eigenvalue weighted by Gasteiger charge is 2.26. The van der Waals surface area contributed by atoms with Gasteiger partial charge in [0.1, 0.15) is 0 Å². The van der Waals surface area contributed by atoms with Gasteiger partial charge < -0.3 is 10.5 Å². The van der Waals surface area contributed by atoms with Gasteiger partial charge in [0.25, 0.3) is 10.0 Å². The van der Waals surface area contributed by atoms with Gasteiger partial charge in [0, 0.05) is 32.9 Å². The predicted octanol–water partition coefficient (Wildman–Crippen LogP) is -0.185. The third-order valence-electron chi connectivity index (χ3n) is 2.25. The van der Waals surface area contributed by atoms with Crippen LogP contribution in [-0.4, -0.2) is 51.1 Å². The van der Waals surface area contributed by atoms with Crippen molar-refractivity contribution < 1.29 is 17.5 Å². The highest BCUT2D eigenvalue weighted by molar-refractivity contribution is 7.89. The summed E-state index contributed by atoms with van der Waals surface area (Å²) in [4.78, 5) is 3.55. The van der Waals surface area contributed by atoms with Crippen LogP contribution in [0, 0.1) is 5.82 Å². The van der Waals surface area contributed by atoms with Gasteiger partial charge in [-0.25, -0.2) is 17.8 Å². The third-order valence-corrected chi connectivity index (χ3v) is 4.01. The van der Waals surface area contributed by atoms with Crippen LogP contribution in [0.15, 0.2) is 23.4 Å². The van der Waals surface area contributed by atoms with E-state index < -0.39 is 26.9 Å². The first-order valence-electron chi connectivity index (χ1n) is 5.21. The SMILES string of the molecule is COCC(N)CN(C)S(=O)(=O)c1ncccc1F. The average molecular weight is 277 g/mol. The van der Waals surface area contributed by atoms with Gasteiger partial charge >= 0.3 is 0 Å². The quantitative estimate of drug-likeness (QED) is 0.779. The maximum Gasteiger partial charge on any atom is 0.263 e. The van der Waals surface area contributed by atoms with Crippen LogP contribution in [0.3, 0.4) is 0 Å². The summed E-state index contributed by atoms with van der Waals surface area (Å²) >= 11 is 0. The van der Waals surface area contributed by atoms with Crippen LogP contribution >= 0.6 is 0 Å². The molecule has 18 heavy (non-hydrogen) atoms. The smallest absolute Gasteiger partial charge is 0.263 e. The van der Waals surface area contributed by atoms with Crippen molar-refractivity contribution in [1.29, 1.82) is 0 Å². The Morgan fingerprint density at radius 1 is 1.61 bits per heavy atom. The molecule has 0 aliphatic carbocycles. The number of ether oxygens (including phenoxy) is 1. The summed E-state index contributed by atoms with van der Waals surface area (Å²) in [6.45, 7) is 0.233. The molecular weight excluding hydrogens is 261 g/mol. The number of nitrogens with zero attached hydrogens (tertiary/aromatic N) is 2. The van der Waals surface area contributed by atoms with E-state index in [0.717, 1.165) is 10.4 Å². The molecule has 6 nitrogen and oxygen atoms in total. The lowest BCUT2D eigenvalue weighted by atomic mass is 10.3. The maximum absolute atomic E-state index is 13.4. The number of aromatic nitrogens is 1. The predicted molar refractivity (Wildman–Crippen MR) is 63.9 cm³/mol. The fourth-order valence-electron chi connectivity index (χ4n) is 1.40. The van der Waals surface area contributed by atoms with Crippen LogP contribution in [0.1, 0.15) is 0 Å². The summed E-state index contributed by atoms with van der Waals surface area (Å²) in [5.41, 5.74) is 5.65. The molecule has 0 radical (unpaired) electrons. The highest BCUT2D eigenvalue weighted by atomic mass is 32.2. The molecule has 0 aliphatic rings. The molecule has 0 spiro atoms. The van der Waals surface area contributed by atoms with E-state index in [1.807, 2.05) is 0 Å². The fraction of sp³-hybridized carbons (Fsp3) is 0.500. The summed E-state index contributed by atoms with van der Waals surface area (Å²) in [7, 11) is -1.19. The second-order valence-corrected chi connectivity index (χ2v) is 5.75. The molecule has 0 aliphatic heterocycles. The number of nitrogens with two attached hydrogens (primary N) is 1. The highest BCUT2D eigenvalue weighted by Crippen LogP contribution is 2.14. The molecule has 0 bridgehead atoms. The molecule has 0 saturated heterocycles. The van der Waals surface area contributed by atoms with Gasteiger partial charge in [-0.05, 0) is 12.1 Å². The largest absolute Gasteiger partial charge is 0.383 e. The first-order chi connectivity index (χ1) is 8.39. The summed E-state index contributed by atoms with van der Waals surface area (Å²) in [5.74, 6) is -0.885. The van der Waals surface area contributed by atoms with Crippen LogP contribution in [0.2, 0.25) is 0 Å². The molecule has 0 saturated carbocycles. The molecule has 8 heteroatoms. The number of rotatable bonds is 6. The molecular formula is C10H16FN3O3S. The lowest BCUT2D eigenvalue weighted by Gasteiger charge is -2.20. The molecule has 1 rings (SSSR count). The Bertz CT molecular complexity index is 495. The van der Waals surface area contributed by atoms with Crippen molar-refractivity contribution in [2.24, 2.45) is 5.73 Å². The molecule has 0 aromatic carbocycles. The van der Waals surface area contributed by atoms with Crippen molar-refractivity contribution in [2.75, 3.05) is 27.3 Å².